The van der Waals surface area contributed by atoms with Crippen molar-refractivity contribution in [3.05, 3.63) is 60.8 Å². The number of carbonyl (C=O) groups excluding carboxylic acids is 2. The van der Waals surface area contributed by atoms with E-state index in [4.69, 9.17) is 19.1 Å². The maximum absolute atomic E-state index is 12.5. The zero-order valence-corrected chi connectivity index (χ0v) is 33.1. The fraction of sp³-hybridized carbons (Fsp3) is 0.707. The van der Waals surface area contributed by atoms with Gasteiger partial charge in [-0.2, -0.15) is 0 Å². The van der Waals surface area contributed by atoms with Crippen molar-refractivity contribution in [2.75, 3.05) is 26.4 Å². The summed E-state index contributed by atoms with van der Waals surface area (Å²) in [7, 11) is -4.63. The standard InChI is InChI=1S/C41H71O10P/c1-3-5-7-9-11-13-15-17-19-21-23-25-27-29-31-33-41(45)51-39(37-50-52(46,47)49-35-38(43)34-42)36-48-40(44)32-30-28-26-24-22-20-18-16-14-12-10-8-6-4-2/h5,7,11,13,16-19,23,25,38-39,42-43H,3-4,6,8-10,12,14-15,20-22,24,26-37H2,1-2H3,(H,46,47)/b7-5+,13-11+,18-16+,19-17+,25-23+/t38-,39+/m0/s1. The van der Waals surface area contributed by atoms with Gasteiger partial charge in [0.1, 0.15) is 12.7 Å². The Kier molecular flexibility index (Phi) is 35.3. The van der Waals surface area contributed by atoms with Crippen molar-refractivity contribution in [2.24, 2.45) is 0 Å². The molecule has 11 heteroatoms. The first-order valence-corrected chi connectivity index (χ1v) is 21.2. The van der Waals surface area contributed by atoms with E-state index in [0.717, 1.165) is 77.0 Å². The molecule has 300 valence electrons. The van der Waals surface area contributed by atoms with Gasteiger partial charge in [-0.15, -0.1) is 0 Å². The quantitative estimate of drug-likeness (QED) is 0.0244. The van der Waals surface area contributed by atoms with Crippen molar-refractivity contribution >= 4 is 19.8 Å². The first-order valence-electron chi connectivity index (χ1n) is 19.7. The van der Waals surface area contributed by atoms with E-state index < -0.39 is 51.8 Å². The number of rotatable bonds is 36. The summed E-state index contributed by atoms with van der Waals surface area (Å²) in [5.74, 6) is -0.989. The van der Waals surface area contributed by atoms with Crippen molar-refractivity contribution in [3.8, 4) is 0 Å². The number of aliphatic hydroxyl groups is 2. The van der Waals surface area contributed by atoms with Crippen LogP contribution in [0.2, 0.25) is 0 Å². The third kappa shape index (κ3) is 36.0. The number of esters is 2. The first kappa shape index (κ1) is 49.7. The number of hydrogen-bond acceptors (Lipinski definition) is 9. The zero-order valence-electron chi connectivity index (χ0n) is 32.3. The van der Waals surface area contributed by atoms with Crippen LogP contribution in [0.5, 0.6) is 0 Å². The van der Waals surface area contributed by atoms with E-state index in [1.807, 2.05) is 0 Å². The molecule has 0 saturated carbocycles. The molecule has 0 aromatic carbocycles. The number of phosphoric acid groups is 1. The summed E-state index contributed by atoms with van der Waals surface area (Å²) in [5.41, 5.74) is 0. The Bertz CT molecular complexity index is 1050. The second-order valence-electron chi connectivity index (χ2n) is 12.9. The normalized spacial score (nSPS) is 14.6. The highest BCUT2D eigenvalue weighted by atomic mass is 31.2. The summed E-state index contributed by atoms with van der Waals surface area (Å²) in [6.45, 7) is 2.17. The SMILES string of the molecule is CC/C=C/C/C=C/C/C=C/C/C=C/CCCCC(=O)O[C@H](COC(=O)CCCCCCC/C=C/CCCCCCC)COP(=O)(O)OC[C@@H](O)CO. The molecule has 10 nitrogen and oxygen atoms in total. The predicted molar refractivity (Wildman–Crippen MR) is 210 cm³/mol. The predicted octanol–water partition coefficient (Wildman–Crippen LogP) is 9.94. The van der Waals surface area contributed by atoms with Gasteiger partial charge in [0.25, 0.3) is 0 Å². The molecule has 0 rings (SSSR count). The zero-order chi connectivity index (χ0) is 38.4. The van der Waals surface area contributed by atoms with Gasteiger partial charge >= 0.3 is 19.8 Å². The molecule has 0 aliphatic heterocycles. The molecule has 0 spiro atoms. The minimum absolute atomic E-state index is 0.128. The molecule has 52 heavy (non-hydrogen) atoms. The smallest absolute Gasteiger partial charge is 0.462 e. The fourth-order valence-corrected chi connectivity index (χ4v) is 5.65. The lowest BCUT2D eigenvalue weighted by atomic mass is 10.1. The molecular formula is C41H71O10P. The summed E-state index contributed by atoms with van der Waals surface area (Å²) >= 11 is 0. The van der Waals surface area contributed by atoms with Crippen molar-refractivity contribution in [3.63, 3.8) is 0 Å². The second kappa shape index (κ2) is 37.0. The van der Waals surface area contributed by atoms with Crippen LogP contribution in [-0.4, -0.2) is 65.7 Å². The Morgan fingerprint density at radius 2 is 1.06 bits per heavy atom. The monoisotopic (exact) mass is 754 g/mol. The van der Waals surface area contributed by atoms with Crippen LogP contribution in [0.4, 0.5) is 0 Å². The van der Waals surface area contributed by atoms with Crippen LogP contribution in [0.3, 0.4) is 0 Å². The highest BCUT2D eigenvalue weighted by molar-refractivity contribution is 7.47. The third-order valence-electron chi connectivity index (χ3n) is 7.91. The van der Waals surface area contributed by atoms with Crippen LogP contribution in [0.15, 0.2) is 60.8 Å². The topological polar surface area (TPSA) is 149 Å². The average molecular weight is 755 g/mol. The van der Waals surface area contributed by atoms with Crippen molar-refractivity contribution < 1.29 is 47.8 Å². The number of allylic oxidation sites excluding steroid dienone is 10. The number of hydrogen-bond donors (Lipinski definition) is 3. The number of carbonyl (C=O) groups is 2. The third-order valence-corrected chi connectivity index (χ3v) is 8.86. The molecule has 0 radical (unpaired) electrons. The van der Waals surface area contributed by atoms with Crippen molar-refractivity contribution in [2.45, 2.75) is 161 Å². The fourth-order valence-electron chi connectivity index (χ4n) is 4.86. The molecule has 0 aromatic rings. The Hall–Kier alpha value is -2.33. The molecule has 0 amide bonds. The maximum atomic E-state index is 12.5. The van der Waals surface area contributed by atoms with E-state index >= 15 is 0 Å². The van der Waals surface area contributed by atoms with Crippen LogP contribution < -0.4 is 0 Å². The summed E-state index contributed by atoms with van der Waals surface area (Å²) < 4.78 is 32.6. The lowest BCUT2D eigenvalue weighted by molar-refractivity contribution is -0.161. The summed E-state index contributed by atoms with van der Waals surface area (Å²) in [6, 6.07) is 0. The van der Waals surface area contributed by atoms with Gasteiger partial charge < -0.3 is 24.6 Å². The minimum atomic E-state index is -4.63. The lowest BCUT2D eigenvalue weighted by Gasteiger charge is -2.20. The van der Waals surface area contributed by atoms with Gasteiger partial charge in [-0.1, -0.05) is 120 Å². The Balaban J connectivity index is 4.45. The van der Waals surface area contributed by atoms with Crippen LogP contribution >= 0.6 is 7.82 Å². The molecular weight excluding hydrogens is 683 g/mol. The molecule has 3 atom stereocenters. The van der Waals surface area contributed by atoms with Crippen LogP contribution in [0.1, 0.15) is 149 Å². The number of ether oxygens (including phenoxy) is 2. The highest BCUT2D eigenvalue weighted by Gasteiger charge is 2.27. The van der Waals surface area contributed by atoms with Gasteiger partial charge in [0, 0.05) is 12.8 Å². The summed E-state index contributed by atoms with van der Waals surface area (Å²) in [6.07, 6.45) is 39.1. The summed E-state index contributed by atoms with van der Waals surface area (Å²) in [4.78, 5) is 34.8. The molecule has 3 N–H and O–H groups in total. The second-order valence-corrected chi connectivity index (χ2v) is 14.4. The van der Waals surface area contributed by atoms with Gasteiger partial charge in [-0.05, 0) is 77.0 Å². The highest BCUT2D eigenvalue weighted by Crippen LogP contribution is 2.43. The molecule has 0 saturated heterocycles. The Labute approximate surface area is 315 Å². The molecule has 0 aliphatic carbocycles. The van der Waals surface area contributed by atoms with Crippen LogP contribution in [0, 0.1) is 0 Å². The molecule has 0 aromatic heterocycles. The lowest BCUT2D eigenvalue weighted by Crippen LogP contribution is -2.29. The molecule has 0 heterocycles. The van der Waals surface area contributed by atoms with E-state index in [9.17, 15) is 24.2 Å². The van der Waals surface area contributed by atoms with E-state index in [2.05, 4.69) is 79.1 Å². The van der Waals surface area contributed by atoms with Crippen molar-refractivity contribution in [1.29, 1.82) is 0 Å². The number of phosphoric ester groups is 1. The van der Waals surface area contributed by atoms with Gasteiger partial charge in [0.15, 0.2) is 6.10 Å². The maximum Gasteiger partial charge on any atom is 0.472 e. The van der Waals surface area contributed by atoms with E-state index in [1.54, 1.807) is 0 Å². The number of aliphatic hydroxyl groups excluding tert-OH is 2. The molecule has 0 bridgehead atoms. The van der Waals surface area contributed by atoms with E-state index in [0.29, 0.717) is 12.8 Å². The molecule has 1 unspecified atom stereocenters. The van der Waals surface area contributed by atoms with Crippen molar-refractivity contribution in [1.82, 2.24) is 0 Å². The first-order chi connectivity index (χ1) is 25.2. The Morgan fingerprint density at radius 1 is 0.596 bits per heavy atom. The number of unbranched alkanes of at least 4 members (excludes halogenated alkanes) is 12. The van der Waals surface area contributed by atoms with Gasteiger partial charge in [-0.25, -0.2) is 4.57 Å². The molecule has 0 fully saturated rings. The average Bonchev–Trinajstić information content (AvgIpc) is 3.13. The van der Waals surface area contributed by atoms with Gasteiger partial charge in [-0.3, -0.25) is 18.6 Å². The van der Waals surface area contributed by atoms with E-state index in [1.165, 1.54) is 32.1 Å². The van der Waals surface area contributed by atoms with Crippen LogP contribution in [0.25, 0.3) is 0 Å². The molecule has 0 aliphatic rings. The Morgan fingerprint density at radius 3 is 1.65 bits per heavy atom. The van der Waals surface area contributed by atoms with Gasteiger partial charge in [0.2, 0.25) is 0 Å². The minimum Gasteiger partial charge on any atom is -0.462 e. The largest absolute Gasteiger partial charge is 0.472 e. The van der Waals surface area contributed by atoms with Crippen LogP contribution in [-0.2, 0) is 32.7 Å². The van der Waals surface area contributed by atoms with Gasteiger partial charge in [0.05, 0.1) is 19.8 Å². The summed E-state index contributed by atoms with van der Waals surface area (Å²) in [5, 5.41) is 18.3. The van der Waals surface area contributed by atoms with E-state index in [-0.39, 0.29) is 19.4 Å².